The van der Waals surface area contributed by atoms with E-state index in [2.05, 4.69) is 11.1 Å². The van der Waals surface area contributed by atoms with Crippen LogP contribution in [-0.2, 0) is 0 Å². The molecule has 0 saturated carbocycles. The lowest BCUT2D eigenvalue weighted by atomic mass is 10.1. The van der Waals surface area contributed by atoms with Crippen molar-refractivity contribution in [1.82, 2.24) is 5.32 Å². The molecule has 0 bridgehead atoms. The molecule has 0 spiro atoms. The molecule has 4 N–H and O–H groups in total. The van der Waals surface area contributed by atoms with E-state index >= 15 is 0 Å². The van der Waals surface area contributed by atoms with Gasteiger partial charge in [0.05, 0.1) is 0 Å². The van der Waals surface area contributed by atoms with E-state index in [1.807, 2.05) is 36.4 Å². The third-order valence-electron chi connectivity index (χ3n) is 2.16. The van der Waals surface area contributed by atoms with Gasteiger partial charge >= 0.3 is 12.2 Å². The molecule has 2 amide bonds. The topological polar surface area (TPSA) is 102 Å². The van der Waals surface area contributed by atoms with Crippen molar-refractivity contribution in [2.24, 2.45) is 5.73 Å². The van der Waals surface area contributed by atoms with Crippen molar-refractivity contribution in [2.75, 3.05) is 7.05 Å². The molecule has 6 heteroatoms. The molecule has 19 heavy (non-hydrogen) atoms. The second-order valence-electron chi connectivity index (χ2n) is 3.46. The number of primary amides is 1. The Morgan fingerprint density at radius 1 is 1.16 bits per heavy atom. The average molecular weight is 262 g/mol. The zero-order chi connectivity index (χ0) is 14.3. The van der Waals surface area contributed by atoms with Gasteiger partial charge in [0.1, 0.15) is 5.75 Å². The van der Waals surface area contributed by atoms with E-state index in [-0.39, 0.29) is 0 Å². The molecule has 0 radical (unpaired) electrons. The number of carboxylic acid groups (broad SMARTS) is 1. The number of hydrogen-bond acceptors (Lipinski definition) is 3. The number of amides is 2. The molecular weight excluding hydrogens is 248 g/mol. The first-order chi connectivity index (χ1) is 9.04. The van der Waals surface area contributed by atoms with Crippen LogP contribution in [0.25, 0.3) is 10.8 Å². The summed E-state index contributed by atoms with van der Waals surface area (Å²) in [5.41, 5.74) is 4.03. The number of ether oxygens (including phenoxy) is 1. The lowest BCUT2D eigenvalue weighted by molar-refractivity contribution is 0.203. The van der Waals surface area contributed by atoms with Crippen molar-refractivity contribution in [3.63, 3.8) is 0 Å². The van der Waals surface area contributed by atoms with Crippen LogP contribution in [0.5, 0.6) is 5.75 Å². The van der Waals surface area contributed by atoms with Gasteiger partial charge in [-0.3, -0.25) is 0 Å². The fourth-order valence-electron chi connectivity index (χ4n) is 1.44. The maximum Gasteiger partial charge on any atom is 0.412 e. The van der Waals surface area contributed by atoms with Crippen molar-refractivity contribution in [3.8, 4) is 5.75 Å². The van der Waals surface area contributed by atoms with Gasteiger partial charge in [0.15, 0.2) is 0 Å². The van der Waals surface area contributed by atoms with E-state index in [1.165, 1.54) is 7.05 Å². The van der Waals surface area contributed by atoms with Crippen molar-refractivity contribution in [1.29, 1.82) is 0 Å². The van der Waals surface area contributed by atoms with Gasteiger partial charge in [0.25, 0.3) is 0 Å². The van der Waals surface area contributed by atoms with E-state index in [0.29, 0.717) is 5.75 Å². The summed E-state index contributed by atoms with van der Waals surface area (Å²) in [7, 11) is 1.54. The number of nitrogens with two attached hydrogens (primary N) is 1. The second-order valence-corrected chi connectivity index (χ2v) is 3.46. The summed E-state index contributed by atoms with van der Waals surface area (Å²) in [5.74, 6) is 0.576. The molecule has 0 aliphatic carbocycles. The van der Waals surface area contributed by atoms with E-state index in [9.17, 15) is 4.79 Å². The smallest absolute Gasteiger partial charge is 0.412 e. The molecule has 0 saturated heterocycles. The molecule has 100 valence electrons. The Hall–Kier alpha value is -2.76. The molecule has 0 unspecified atom stereocenters. The lowest BCUT2D eigenvalue weighted by Crippen LogP contribution is -2.22. The standard InChI is InChI=1S/C12H11NO2.CH3NO2/c1-13-12(14)15-11-8-4-6-9-5-2-3-7-10(9)11;2-1(3)4/h2-8H,1H3,(H,13,14);2H2,(H,3,4). The van der Waals surface area contributed by atoms with Crippen molar-refractivity contribution < 1.29 is 19.4 Å². The van der Waals surface area contributed by atoms with Crippen LogP contribution in [0, 0.1) is 0 Å². The molecule has 0 heterocycles. The fourth-order valence-corrected chi connectivity index (χ4v) is 1.44. The summed E-state index contributed by atoms with van der Waals surface area (Å²) in [5, 5.41) is 11.6. The van der Waals surface area contributed by atoms with Crippen molar-refractivity contribution in [3.05, 3.63) is 42.5 Å². The van der Waals surface area contributed by atoms with Gasteiger partial charge < -0.3 is 20.9 Å². The molecule has 0 aromatic heterocycles. The van der Waals surface area contributed by atoms with Gasteiger partial charge in [-0.2, -0.15) is 0 Å². The molecule has 6 nitrogen and oxygen atoms in total. The van der Waals surface area contributed by atoms with Gasteiger partial charge in [-0.25, -0.2) is 9.59 Å². The van der Waals surface area contributed by atoms with E-state index < -0.39 is 12.2 Å². The Labute approximate surface area is 109 Å². The number of carbonyl (C=O) groups is 2. The van der Waals surface area contributed by atoms with Gasteiger partial charge in [0, 0.05) is 12.4 Å². The minimum atomic E-state index is -1.33. The largest absolute Gasteiger partial charge is 0.465 e. The van der Waals surface area contributed by atoms with Crippen molar-refractivity contribution >= 4 is 23.0 Å². The second kappa shape index (κ2) is 6.85. The summed E-state index contributed by atoms with van der Waals surface area (Å²) in [6.07, 6.45) is -1.79. The van der Waals surface area contributed by atoms with Crippen LogP contribution >= 0.6 is 0 Å². The molecule has 2 aromatic carbocycles. The summed E-state index contributed by atoms with van der Waals surface area (Å²) < 4.78 is 5.13. The highest BCUT2D eigenvalue weighted by Gasteiger charge is 2.04. The first-order valence-corrected chi connectivity index (χ1v) is 5.40. The SMILES string of the molecule is CNC(=O)Oc1cccc2ccccc12.NC(=O)O. The number of hydrogen-bond donors (Lipinski definition) is 3. The number of fused-ring (bicyclic) bond motifs is 1. The lowest BCUT2D eigenvalue weighted by Gasteiger charge is -2.06. The normalized spacial score (nSPS) is 9.11. The monoisotopic (exact) mass is 262 g/mol. The molecule has 0 aliphatic heterocycles. The summed E-state index contributed by atoms with van der Waals surface area (Å²) in [4.78, 5) is 19.9. The van der Waals surface area contributed by atoms with Gasteiger partial charge in [0.2, 0.25) is 0 Å². The third-order valence-corrected chi connectivity index (χ3v) is 2.16. The Kier molecular flexibility index (Phi) is 5.16. The Bertz CT molecular complexity index is 574. The van der Waals surface area contributed by atoms with Crippen LogP contribution in [0.15, 0.2) is 42.5 Å². The third kappa shape index (κ3) is 4.55. The zero-order valence-electron chi connectivity index (χ0n) is 10.3. The molecular formula is C13H14N2O4. The zero-order valence-corrected chi connectivity index (χ0v) is 10.3. The molecule has 0 atom stereocenters. The number of rotatable bonds is 1. The summed E-state index contributed by atoms with van der Waals surface area (Å²) >= 11 is 0. The van der Waals surface area contributed by atoms with Crippen LogP contribution < -0.4 is 15.8 Å². The number of benzene rings is 2. The van der Waals surface area contributed by atoms with E-state index in [0.717, 1.165) is 10.8 Å². The highest BCUT2D eigenvalue weighted by atomic mass is 16.6. The van der Waals surface area contributed by atoms with Crippen LogP contribution in [0.3, 0.4) is 0 Å². The van der Waals surface area contributed by atoms with Gasteiger partial charge in [-0.05, 0) is 11.5 Å². The van der Waals surface area contributed by atoms with E-state index in [1.54, 1.807) is 6.07 Å². The summed E-state index contributed by atoms with van der Waals surface area (Å²) in [6, 6.07) is 13.4. The van der Waals surface area contributed by atoms with Crippen LogP contribution in [-0.4, -0.2) is 24.3 Å². The first kappa shape index (κ1) is 14.3. The first-order valence-electron chi connectivity index (χ1n) is 5.40. The van der Waals surface area contributed by atoms with Crippen LogP contribution in [0.1, 0.15) is 0 Å². The molecule has 0 aliphatic rings. The van der Waals surface area contributed by atoms with E-state index in [4.69, 9.17) is 14.6 Å². The van der Waals surface area contributed by atoms with Crippen molar-refractivity contribution in [2.45, 2.75) is 0 Å². The highest BCUT2D eigenvalue weighted by molar-refractivity contribution is 5.90. The van der Waals surface area contributed by atoms with Crippen LogP contribution in [0.4, 0.5) is 9.59 Å². The minimum absolute atomic E-state index is 0.452. The predicted molar refractivity (Wildman–Crippen MR) is 71.2 cm³/mol. The van der Waals surface area contributed by atoms with Crippen LogP contribution in [0.2, 0.25) is 0 Å². The minimum Gasteiger partial charge on any atom is -0.465 e. The molecule has 2 aromatic rings. The molecule has 2 rings (SSSR count). The highest BCUT2D eigenvalue weighted by Crippen LogP contribution is 2.24. The average Bonchev–Trinajstić information content (AvgIpc) is 2.38. The summed E-state index contributed by atoms with van der Waals surface area (Å²) in [6.45, 7) is 0. The number of carbonyl (C=O) groups excluding carboxylic acids is 1. The Morgan fingerprint density at radius 2 is 1.74 bits per heavy atom. The Morgan fingerprint density at radius 3 is 2.37 bits per heavy atom. The quantitative estimate of drug-likeness (QED) is 0.733. The fraction of sp³-hybridized carbons (Fsp3) is 0.0769. The predicted octanol–water partition coefficient (Wildman–Crippen LogP) is 2.18. The Balaban J connectivity index is 0.000000399. The molecule has 0 fully saturated rings. The van der Waals surface area contributed by atoms with Gasteiger partial charge in [-0.15, -0.1) is 0 Å². The maximum atomic E-state index is 11.1. The van der Waals surface area contributed by atoms with Gasteiger partial charge in [-0.1, -0.05) is 36.4 Å². The number of nitrogens with one attached hydrogen (secondary N) is 1. The maximum absolute atomic E-state index is 11.1.